The lowest BCUT2D eigenvalue weighted by Gasteiger charge is -2.23. The lowest BCUT2D eigenvalue weighted by atomic mass is 9.83. The molecule has 1 saturated heterocycles. The number of aromatic nitrogens is 2. The minimum atomic E-state index is -1.24. The van der Waals surface area contributed by atoms with Crippen molar-refractivity contribution in [2.24, 2.45) is 0 Å². The molecule has 29 heavy (non-hydrogen) atoms. The van der Waals surface area contributed by atoms with Gasteiger partial charge in [-0.05, 0) is 31.3 Å². The molecule has 8 nitrogen and oxygen atoms in total. The molecule has 156 valence electrons. The van der Waals surface area contributed by atoms with Crippen molar-refractivity contribution >= 4 is 55.4 Å². The zero-order chi connectivity index (χ0) is 21.2. The van der Waals surface area contributed by atoms with Crippen LogP contribution in [0.3, 0.4) is 0 Å². The lowest BCUT2D eigenvalue weighted by Crippen LogP contribution is -2.50. The number of fused-ring (bicyclic) bond motifs is 1. The van der Waals surface area contributed by atoms with E-state index in [1.54, 1.807) is 23.7 Å². The Morgan fingerprint density at radius 1 is 1.21 bits per heavy atom. The van der Waals surface area contributed by atoms with Crippen molar-refractivity contribution in [2.75, 3.05) is 26.7 Å². The van der Waals surface area contributed by atoms with E-state index < -0.39 is 27.1 Å². The fourth-order valence-electron chi connectivity index (χ4n) is 2.94. The molecule has 0 aromatic carbocycles. The van der Waals surface area contributed by atoms with Crippen LogP contribution in [0.15, 0.2) is 18.2 Å². The number of hydrogen-bond acceptors (Lipinski definition) is 7. The van der Waals surface area contributed by atoms with Crippen molar-refractivity contribution in [3.8, 4) is 0 Å². The summed E-state index contributed by atoms with van der Waals surface area (Å²) in [6, 6.07) is 6.27. The van der Waals surface area contributed by atoms with E-state index >= 15 is 0 Å². The molecule has 2 aromatic rings. The van der Waals surface area contributed by atoms with Crippen molar-refractivity contribution in [2.45, 2.75) is 32.4 Å². The SMILES string of the molecule is CN1CC(=O)OB(c2cc3ccc(Cl)nc3n2COCC[Si](C)(C)C)OC(=O)C1. The lowest BCUT2D eigenvalue weighted by molar-refractivity contribution is -0.145. The molecule has 0 bridgehead atoms. The molecule has 0 amide bonds. The van der Waals surface area contributed by atoms with E-state index in [1.165, 1.54) is 4.90 Å². The van der Waals surface area contributed by atoms with Gasteiger partial charge in [0.25, 0.3) is 0 Å². The Hall–Kier alpha value is -1.88. The molecule has 2 aromatic heterocycles. The molecule has 1 aliphatic rings. The summed E-state index contributed by atoms with van der Waals surface area (Å²) in [6.45, 7) is 7.62. The Morgan fingerprint density at radius 3 is 2.48 bits per heavy atom. The average Bonchev–Trinajstić information content (AvgIpc) is 2.93. The molecule has 0 N–H and O–H groups in total. The van der Waals surface area contributed by atoms with E-state index in [9.17, 15) is 9.59 Å². The molecule has 0 spiro atoms. The van der Waals surface area contributed by atoms with Crippen molar-refractivity contribution in [3.63, 3.8) is 0 Å². The number of nitrogens with zero attached hydrogens (tertiary/aromatic N) is 3. The Bertz CT molecular complexity index is 897. The topological polar surface area (TPSA) is 82.9 Å². The maximum atomic E-state index is 12.2. The van der Waals surface area contributed by atoms with Crippen LogP contribution in [0.5, 0.6) is 0 Å². The average molecular weight is 438 g/mol. The predicted octanol–water partition coefficient (Wildman–Crippen LogP) is 1.73. The predicted molar refractivity (Wildman–Crippen MR) is 114 cm³/mol. The number of likely N-dealkylation sites (N-methyl/N-ethyl adjacent to an activating group) is 1. The number of ether oxygens (including phenoxy) is 1. The van der Waals surface area contributed by atoms with Gasteiger partial charge < -0.3 is 18.6 Å². The first-order valence-electron chi connectivity index (χ1n) is 9.43. The smallest absolute Gasteiger partial charge is 0.493 e. The van der Waals surface area contributed by atoms with Gasteiger partial charge in [-0.1, -0.05) is 31.2 Å². The van der Waals surface area contributed by atoms with Crippen LogP contribution >= 0.6 is 11.6 Å². The summed E-state index contributed by atoms with van der Waals surface area (Å²) in [5.41, 5.74) is 1.06. The molecule has 0 atom stereocenters. The summed E-state index contributed by atoms with van der Waals surface area (Å²) < 4.78 is 18.5. The summed E-state index contributed by atoms with van der Waals surface area (Å²) in [5, 5.41) is 1.11. The minimum Gasteiger partial charge on any atom is -0.493 e. The molecule has 3 heterocycles. The first-order valence-corrected chi connectivity index (χ1v) is 13.5. The maximum Gasteiger partial charge on any atom is 0.654 e. The highest BCUT2D eigenvalue weighted by molar-refractivity contribution is 6.76. The van der Waals surface area contributed by atoms with Crippen LogP contribution in [-0.2, 0) is 30.4 Å². The second-order valence-electron chi connectivity index (χ2n) is 8.38. The third-order valence-corrected chi connectivity index (χ3v) is 6.39. The van der Waals surface area contributed by atoms with Crippen LogP contribution in [0, 0.1) is 0 Å². The summed E-state index contributed by atoms with van der Waals surface area (Å²) >= 11 is 6.08. The van der Waals surface area contributed by atoms with Gasteiger partial charge in [-0.25, -0.2) is 4.98 Å². The highest BCUT2D eigenvalue weighted by Gasteiger charge is 2.37. The van der Waals surface area contributed by atoms with Gasteiger partial charge in [0.1, 0.15) is 17.5 Å². The number of pyridine rings is 1. The quantitative estimate of drug-likeness (QED) is 0.386. The van der Waals surface area contributed by atoms with Crippen molar-refractivity contribution in [1.82, 2.24) is 14.5 Å². The Balaban J connectivity index is 1.91. The first kappa shape index (κ1) is 21.8. The van der Waals surface area contributed by atoms with Crippen molar-refractivity contribution < 1.29 is 23.6 Å². The van der Waals surface area contributed by atoms with Gasteiger partial charge in [-0.15, -0.1) is 0 Å². The first-order chi connectivity index (χ1) is 13.6. The highest BCUT2D eigenvalue weighted by Crippen LogP contribution is 2.18. The van der Waals surface area contributed by atoms with Gasteiger partial charge in [-0.2, -0.15) is 0 Å². The van der Waals surface area contributed by atoms with E-state index in [-0.39, 0.29) is 19.8 Å². The van der Waals surface area contributed by atoms with Gasteiger partial charge in [0, 0.05) is 20.1 Å². The molecule has 1 aliphatic heterocycles. The Labute approximate surface area is 176 Å². The normalized spacial score (nSPS) is 16.5. The second kappa shape index (κ2) is 8.87. The molecule has 11 heteroatoms. The summed E-state index contributed by atoms with van der Waals surface area (Å²) in [4.78, 5) is 30.2. The molecule has 1 fully saturated rings. The van der Waals surface area contributed by atoms with E-state index in [0.717, 1.165) is 11.4 Å². The van der Waals surface area contributed by atoms with Gasteiger partial charge in [0.05, 0.1) is 18.7 Å². The zero-order valence-electron chi connectivity index (χ0n) is 17.1. The monoisotopic (exact) mass is 437 g/mol. The van der Waals surface area contributed by atoms with Crippen molar-refractivity contribution in [1.29, 1.82) is 0 Å². The molecular weight excluding hydrogens is 413 g/mol. The number of carbonyl (C=O) groups excluding carboxylic acids is 2. The van der Waals surface area contributed by atoms with Crippen LogP contribution in [0.2, 0.25) is 30.8 Å². The number of rotatable bonds is 6. The fourth-order valence-corrected chi connectivity index (χ4v) is 3.84. The third kappa shape index (κ3) is 5.82. The van der Waals surface area contributed by atoms with Crippen molar-refractivity contribution in [3.05, 3.63) is 23.4 Å². The van der Waals surface area contributed by atoms with Gasteiger partial charge in [0.2, 0.25) is 0 Å². The molecule has 3 rings (SSSR count). The molecule has 0 unspecified atom stereocenters. The summed E-state index contributed by atoms with van der Waals surface area (Å²) in [6.07, 6.45) is 0. The third-order valence-electron chi connectivity index (χ3n) is 4.48. The van der Waals surface area contributed by atoms with Crippen LogP contribution in [-0.4, -0.2) is 68.3 Å². The van der Waals surface area contributed by atoms with Crippen LogP contribution in [0.1, 0.15) is 0 Å². The largest absolute Gasteiger partial charge is 0.654 e. The van der Waals surface area contributed by atoms with Crippen LogP contribution < -0.4 is 5.59 Å². The van der Waals surface area contributed by atoms with Gasteiger partial charge >= 0.3 is 19.1 Å². The molecule has 0 radical (unpaired) electrons. The summed E-state index contributed by atoms with van der Waals surface area (Å²) in [7, 11) is -0.757. The van der Waals surface area contributed by atoms with E-state index in [1.807, 2.05) is 6.07 Å². The molecular formula is C18H25BClN3O5Si. The van der Waals surface area contributed by atoms with Crippen LogP contribution in [0.25, 0.3) is 11.0 Å². The second-order valence-corrected chi connectivity index (χ2v) is 14.4. The Kier molecular flexibility index (Phi) is 6.67. The Morgan fingerprint density at radius 2 is 1.86 bits per heavy atom. The minimum absolute atomic E-state index is 0.00260. The van der Waals surface area contributed by atoms with Gasteiger partial charge in [-0.3, -0.25) is 14.5 Å². The standard InChI is InChI=1S/C18H25BClN3O5Si/c1-22-10-16(24)27-19(28-17(25)11-22)14-9-13-5-6-15(20)21-18(13)23(14)12-26-7-8-29(2,3)4/h5-6,9H,7-8,10-12H2,1-4H3. The number of hydrogen-bond donors (Lipinski definition) is 0. The van der Waals surface area contributed by atoms with Gasteiger partial charge in [0.15, 0.2) is 0 Å². The number of halogens is 1. The highest BCUT2D eigenvalue weighted by atomic mass is 35.5. The molecule has 0 aliphatic carbocycles. The fraction of sp³-hybridized carbons (Fsp3) is 0.500. The van der Waals surface area contributed by atoms with E-state index in [2.05, 4.69) is 24.6 Å². The van der Waals surface area contributed by atoms with E-state index in [0.29, 0.717) is 23.0 Å². The van der Waals surface area contributed by atoms with E-state index in [4.69, 9.17) is 25.6 Å². The molecule has 0 saturated carbocycles. The van der Waals surface area contributed by atoms with Crippen LogP contribution in [0.4, 0.5) is 0 Å². The summed E-state index contributed by atoms with van der Waals surface area (Å²) in [5.74, 6) is -0.958. The number of carbonyl (C=O) groups is 2. The zero-order valence-corrected chi connectivity index (χ0v) is 18.9. The maximum absolute atomic E-state index is 12.2.